The van der Waals surface area contributed by atoms with Gasteiger partial charge >= 0.3 is 0 Å². The fourth-order valence-corrected chi connectivity index (χ4v) is 2.72. The maximum Gasteiger partial charge on any atom is 0.0939 e. The van der Waals surface area contributed by atoms with Crippen molar-refractivity contribution in [2.24, 2.45) is 7.05 Å². The Kier molecular flexibility index (Phi) is 5.91. The van der Waals surface area contributed by atoms with Crippen molar-refractivity contribution in [3.8, 4) is 0 Å². The van der Waals surface area contributed by atoms with E-state index in [0.29, 0.717) is 6.04 Å². The summed E-state index contributed by atoms with van der Waals surface area (Å²) in [6.45, 7) is 7.61. The number of hydrogen-bond acceptors (Lipinski definition) is 3. The van der Waals surface area contributed by atoms with Crippen LogP contribution in [0.15, 0.2) is 11.1 Å². The van der Waals surface area contributed by atoms with Crippen LogP contribution >= 0.6 is 11.8 Å². The lowest BCUT2D eigenvalue weighted by Crippen LogP contribution is -2.27. The number of hydrogen-bond donors (Lipinski definition) is 1. The molecule has 0 aliphatic rings. The molecular formula is C12H23N3S. The number of nitrogens with zero attached hydrogens (tertiary/aromatic N) is 2. The molecule has 1 atom stereocenters. The highest BCUT2D eigenvalue weighted by molar-refractivity contribution is 7.99. The summed E-state index contributed by atoms with van der Waals surface area (Å²) < 4.78 is 1.96. The summed E-state index contributed by atoms with van der Waals surface area (Å²) in [5, 5.41) is 9.11. The Labute approximate surface area is 103 Å². The third kappa shape index (κ3) is 4.58. The van der Waals surface area contributed by atoms with E-state index in [2.05, 4.69) is 30.3 Å². The first-order chi connectivity index (χ1) is 7.63. The predicted molar refractivity (Wildman–Crippen MR) is 71.0 cm³/mol. The van der Waals surface area contributed by atoms with Gasteiger partial charge in [0.2, 0.25) is 0 Å². The Morgan fingerprint density at radius 3 is 2.88 bits per heavy atom. The standard InChI is InChI=1S/C12H23N3S/c1-5-7-13-10(2)6-8-16-12-9-11(3)14-15(12)4/h9-10,13H,5-8H2,1-4H3. The molecule has 0 bridgehead atoms. The molecule has 1 unspecified atom stereocenters. The van der Waals surface area contributed by atoms with Crippen LogP contribution in [0.4, 0.5) is 0 Å². The Hall–Kier alpha value is -0.480. The first-order valence-electron chi connectivity index (χ1n) is 6.00. The van der Waals surface area contributed by atoms with Crippen molar-refractivity contribution in [3.63, 3.8) is 0 Å². The lowest BCUT2D eigenvalue weighted by atomic mass is 10.2. The lowest BCUT2D eigenvalue weighted by molar-refractivity contribution is 0.535. The second-order valence-electron chi connectivity index (χ2n) is 4.24. The fraction of sp³-hybridized carbons (Fsp3) is 0.750. The third-order valence-electron chi connectivity index (χ3n) is 2.50. The van der Waals surface area contributed by atoms with Gasteiger partial charge in [-0.25, -0.2) is 0 Å². The van der Waals surface area contributed by atoms with Crippen molar-refractivity contribution in [2.75, 3.05) is 12.3 Å². The van der Waals surface area contributed by atoms with E-state index in [1.807, 2.05) is 30.4 Å². The van der Waals surface area contributed by atoms with Gasteiger partial charge in [-0.2, -0.15) is 5.10 Å². The zero-order chi connectivity index (χ0) is 12.0. The fourth-order valence-electron chi connectivity index (χ4n) is 1.56. The van der Waals surface area contributed by atoms with Crippen LogP contribution in [0.3, 0.4) is 0 Å². The average Bonchev–Trinajstić information content (AvgIpc) is 2.55. The van der Waals surface area contributed by atoms with E-state index in [0.717, 1.165) is 18.0 Å². The Balaban J connectivity index is 2.22. The number of aryl methyl sites for hydroxylation is 2. The van der Waals surface area contributed by atoms with Crippen molar-refractivity contribution < 1.29 is 0 Å². The molecule has 0 radical (unpaired) electrons. The van der Waals surface area contributed by atoms with Crippen LogP contribution in [0.2, 0.25) is 0 Å². The number of rotatable bonds is 7. The summed E-state index contributed by atoms with van der Waals surface area (Å²) in [4.78, 5) is 0. The molecule has 16 heavy (non-hydrogen) atoms. The molecule has 1 aromatic rings. The minimum absolute atomic E-state index is 0.613. The van der Waals surface area contributed by atoms with Gasteiger partial charge in [-0.15, -0.1) is 11.8 Å². The summed E-state index contributed by atoms with van der Waals surface area (Å²) in [6.07, 6.45) is 2.41. The summed E-state index contributed by atoms with van der Waals surface area (Å²) in [7, 11) is 2.01. The minimum Gasteiger partial charge on any atom is -0.314 e. The Morgan fingerprint density at radius 1 is 1.56 bits per heavy atom. The summed E-state index contributed by atoms with van der Waals surface area (Å²) >= 11 is 1.89. The van der Waals surface area contributed by atoms with Gasteiger partial charge in [-0.05, 0) is 39.3 Å². The van der Waals surface area contributed by atoms with Crippen LogP contribution in [0.1, 0.15) is 32.4 Å². The zero-order valence-corrected chi connectivity index (χ0v) is 11.6. The number of nitrogens with one attached hydrogen (secondary N) is 1. The van der Waals surface area contributed by atoms with Crippen molar-refractivity contribution >= 4 is 11.8 Å². The van der Waals surface area contributed by atoms with Gasteiger partial charge in [-0.1, -0.05) is 6.92 Å². The molecule has 0 amide bonds. The SMILES string of the molecule is CCCNC(C)CCSc1cc(C)nn1C. The maximum absolute atomic E-state index is 4.34. The average molecular weight is 241 g/mol. The largest absolute Gasteiger partial charge is 0.314 e. The van der Waals surface area contributed by atoms with E-state index >= 15 is 0 Å². The molecule has 1 heterocycles. The van der Waals surface area contributed by atoms with Crippen molar-refractivity contribution in [3.05, 3.63) is 11.8 Å². The monoisotopic (exact) mass is 241 g/mol. The van der Waals surface area contributed by atoms with Gasteiger partial charge < -0.3 is 5.32 Å². The molecule has 1 rings (SSSR count). The highest BCUT2D eigenvalue weighted by Crippen LogP contribution is 2.19. The quantitative estimate of drug-likeness (QED) is 0.744. The Bertz CT molecular complexity index is 309. The van der Waals surface area contributed by atoms with E-state index < -0.39 is 0 Å². The summed E-state index contributed by atoms with van der Waals surface area (Å²) in [5.74, 6) is 1.15. The first kappa shape index (κ1) is 13.6. The maximum atomic E-state index is 4.34. The van der Waals surface area contributed by atoms with Crippen LogP contribution in [-0.2, 0) is 7.05 Å². The molecule has 0 aromatic carbocycles. The van der Waals surface area contributed by atoms with Crippen LogP contribution in [0, 0.1) is 6.92 Å². The molecule has 0 saturated carbocycles. The summed E-state index contributed by atoms with van der Waals surface area (Å²) in [5.41, 5.74) is 1.10. The van der Waals surface area contributed by atoms with E-state index in [4.69, 9.17) is 0 Å². The normalized spacial score (nSPS) is 13.0. The van der Waals surface area contributed by atoms with Crippen molar-refractivity contribution in [1.29, 1.82) is 0 Å². The lowest BCUT2D eigenvalue weighted by Gasteiger charge is -2.12. The number of thioether (sulfide) groups is 1. The zero-order valence-electron chi connectivity index (χ0n) is 10.8. The second kappa shape index (κ2) is 6.97. The molecule has 1 aromatic heterocycles. The smallest absolute Gasteiger partial charge is 0.0939 e. The minimum atomic E-state index is 0.613. The van der Waals surface area contributed by atoms with E-state index in [1.165, 1.54) is 17.9 Å². The van der Waals surface area contributed by atoms with Gasteiger partial charge in [0.1, 0.15) is 0 Å². The van der Waals surface area contributed by atoms with Crippen LogP contribution < -0.4 is 5.32 Å². The van der Waals surface area contributed by atoms with E-state index in [-0.39, 0.29) is 0 Å². The van der Waals surface area contributed by atoms with E-state index in [9.17, 15) is 0 Å². The van der Waals surface area contributed by atoms with Crippen LogP contribution in [0.5, 0.6) is 0 Å². The molecule has 0 aliphatic heterocycles. The highest BCUT2D eigenvalue weighted by atomic mass is 32.2. The summed E-state index contributed by atoms with van der Waals surface area (Å²) in [6, 6.07) is 2.76. The van der Waals surface area contributed by atoms with Gasteiger partial charge in [0.05, 0.1) is 10.7 Å². The van der Waals surface area contributed by atoms with Crippen LogP contribution in [-0.4, -0.2) is 28.1 Å². The Morgan fingerprint density at radius 2 is 2.31 bits per heavy atom. The van der Waals surface area contributed by atoms with Crippen molar-refractivity contribution in [2.45, 2.75) is 44.7 Å². The third-order valence-corrected chi connectivity index (χ3v) is 3.62. The molecule has 0 spiro atoms. The molecule has 92 valence electrons. The molecule has 0 fully saturated rings. The van der Waals surface area contributed by atoms with Gasteiger partial charge in [0.15, 0.2) is 0 Å². The highest BCUT2D eigenvalue weighted by Gasteiger charge is 2.04. The van der Waals surface area contributed by atoms with E-state index in [1.54, 1.807) is 0 Å². The molecular weight excluding hydrogens is 218 g/mol. The van der Waals surface area contributed by atoms with Crippen LogP contribution in [0.25, 0.3) is 0 Å². The molecule has 3 nitrogen and oxygen atoms in total. The predicted octanol–water partition coefficient (Wildman–Crippen LogP) is 2.60. The number of aromatic nitrogens is 2. The topological polar surface area (TPSA) is 29.9 Å². The molecule has 0 aliphatic carbocycles. The first-order valence-corrected chi connectivity index (χ1v) is 6.99. The van der Waals surface area contributed by atoms with Gasteiger partial charge in [0, 0.05) is 18.8 Å². The van der Waals surface area contributed by atoms with Gasteiger partial charge in [-0.3, -0.25) is 4.68 Å². The van der Waals surface area contributed by atoms with Crippen molar-refractivity contribution in [1.82, 2.24) is 15.1 Å². The van der Waals surface area contributed by atoms with Gasteiger partial charge in [0.25, 0.3) is 0 Å². The molecule has 0 saturated heterocycles. The molecule has 4 heteroatoms. The second-order valence-corrected chi connectivity index (χ2v) is 5.36. The molecule has 1 N–H and O–H groups in total.